The third kappa shape index (κ3) is 3.21. The van der Waals surface area contributed by atoms with Crippen LogP contribution in [0.1, 0.15) is 5.69 Å². The molecule has 0 amide bonds. The van der Waals surface area contributed by atoms with Crippen molar-refractivity contribution in [2.45, 2.75) is 6.54 Å². The number of H-pyrrole nitrogens is 1. The summed E-state index contributed by atoms with van der Waals surface area (Å²) in [5, 5.41) is 13.9. The Kier molecular flexibility index (Phi) is 4.08. The number of nitrogens with zero attached hydrogens (tertiary/aromatic N) is 2. The molecule has 0 aliphatic heterocycles. The second kappa shape index (κ2) is 6.68. The van der Waals surface area contributed by atoms with Gasteiger partial charge in [0.2, 0.25) is 0 Å². The Morgan fingerprint density at radius 2 is 1.83 bits per heavy atom. The molecule has 0 aliphatic rings. The maximum absolute atomic E-state index is 4.38. The van der Waals surface area contributed by atoms with E-state index in [1.165, 1.54) is 0 Å². The molecule has 0 aliphatic carbocycles. The van der Waals surface area contributed by atoms with Gasteiger partial charge in [0.05, 0.1) is 17.9 Å². The molecule has 0 spiro atoms. The molecule has 4 rings (SSSR count). The van der Waals surface area contributed by atoms with Crippen molar-refractivity contribution in [1.82, 2.24) is 15.2 Å². The first-order chi connectivity index (χ1) is 11.9. The van der Waals surface area contributed by atoms with Crippen LogP contribution in [0.4, 0.5) is 5.69 Å². The van der Waals surface area contributed by atoms with Crippen molar-refractivity contribution in [3.05, 3.63) is 77.9 Å². The number of hydrogen-bond donors (Lipinski definition) is 2. The molecule has 5 heteroatoms. The molecule has 0 atom stereocenters. The van der Waals surface area contributed by atoms with Crippen LogP contribution >= 0.6 is 11.3 Å². The van der Waals surface area contributed by atoms with Gasteiger partial charge in [0, 0.05) is 28.4 Å². The molecule has 2 N–H and O–H groups in total. The van der Waals surface area contributed by atoms with Gasteiger partial charge in [-0.05, 0) is 18.2 Å². The first kappa shape index (κ1) is 14.7. The maximum Gasteiger partial charge on any atom is 0.123 e. The minimum Gasteiger partial charge on any atom is -0.379 e. The Morgan fingerprint density at radius 3 is 2.67 bits per heavy atom. The van der Waals surface area contributed by atoms with E-state index in [4.69, 9.17) is 0 Å². The fraction of sp³-hybridized carbons (Fsp3) is 0.0526. The minimum absolute atomic E-state index is 0.696. The quantitative estimate of drug-likeness (QED) is 0.551. The van der Waals surface area contributed by atoms with Crippen LogP contribution in [0.2, 0.25) is 0 Å². The smallest absolute Gasteiger partial charge is 0.123 e. The largest absolute Gasteiger partial charge is 0.379 e. The van der Waals surface area contributed by atoms with Crippen LogP contribution in [0.15, 0.2) is 72.2 Å². The van der Waals surface area contributed by atoms with Crippen LogP contribution in [0.25, 0.3) is 21.8 Å². The van der Waals surface area contributed by atoms with E-state index >= 15 is 0 Å². The summed E-state index contributed by atoms with van der Waals surface area (Å²) in [5.41, 5.74) is 5.33. The first-order valence-corrected chi connectivity index (χ1v) is 8.60. The number of nitrogens with one attached hydrogen (secondary N) is 2. The Labute approximate surface area is 144 Å². The van der Waals surface area contributed by atoms with Crippen molar-refractivity contribution in [1.29, 1.82) is 0 Å². The number of thiazole rings is 1. The van der Waals surface area contributed by atoms with E-state index in [1.807, 2.05) is 35.8 Å². The van der Waals surface area contributed by atoms with Gasteiger partial charge in [0.15, 0.2) is 0 Å². The molecule has 0 fully saturated rings. The van der Waals surface area contributed by atoms with Gasteiger partial charge in [-0.15, -0.1) is 11.3 Å². The molecule has 0 bridgehead atoms. The molecule has 24 heavy (non-hydrogen) atoms. The molecular weight excluding hydrogens is 316 g/mol. The Morgan fingerprint density at radius 1 is 0.958 bits per heavy atom. The second-order valence-corrected chi connectivity index (χ2v) is 6.31. The third-order valence-electron chi connectivity index (χ3n) is 3.73. The average Bonchev–Trinajstić information content (AvgIpc) is 3.33. The number of aromatic amines is 1. The molecule has 118 valence electrons. The maximum atomic E-state index is 4.38. The molecule has 2 aromatic carbocycles. The lowest BCUT2D eigenvalue weighted by atomic mass is 10.1. The molecule has 0 radical (unpaired) electrons. The lowest BCUT2D eigenvalue weighted by molar-refractivity contribution is 0.983. The third-order valence-corrected chi connectivity index (χ3v) is 4.55. The van der Waals surface area contributed by atoms with E-state index in [-0.39, 0.29) is 0 Å². The summed E-state index contributed by atoms with van der Waals surface area (Å²) in [6.45, 7) is 0.696. The summed E-state index contributed by atoms with van der Waals surface area (Å²) in [5.74, 6) is 0. The normalized spacial score (nSPS) is 10.7. The average molecular weight is 332 g/mol. The molecule has 0 saturated carbocycles. The zero-order valence-corrected chi connectivity index (χ0v) is 13.8. The SMILES string of the molecule is c1ccc(-c2cc(CNc3cccc(-c4nccs4)c3)[nH]n2)cc1. The Hall–Kier alpha value is -2.92. The highest BCUT2D eigenvalue weighted by molar-refractivity contribution is 7.13. The van der Waals surface area contributed by atoms with E-state index < -0.39 is 0 Å². The topological polar surface area (TPSA) is 53.6 Å². The van der Waals surface area contributed by atoms with Gasteiger partial charge >= 0.3 is 0 Å². The van der Waals surface area contributed by atoms with E-state index in [9.17, 15) is 0 Å². The fourth-order valence-electron chi connectivity index (χ4n) is 2.53. The molecule has 4 aromatic rings. The minimum atomic E-state index is 0.696. The summed E-state index contributed by atoms with van der Waals surface area (Å²) in [6, 6.07) is 20.5. The zero-order chi connectivity index (χ0) is 16.2. The highest BCUT2D eigenvalue weighted by Gasteiger charge is 2.05. The number of anilines is 1. The predicted octanol–water partition coefficient (Wildman–Crippen LogP) is 4.81. The number of hydrogen-bond acceptors (Lipinski definition) is 4. The molecule has 0 saturated heterocycles. The molecule has 2 heterocycles. The van der Waals surface area contributed by atoms with E-state index in [0.717, 1.165) is 33.2 Å². The van der Waals surface area contributed by atoms with Gasteiger partial charge in [-0.3, -0.25) is 5.10 Å². The van der Waals surface area contributed by atoms with Gasteiger partial charge in [-0.1, -0.05) is 42.5 Å². The van der Waals surface area contributed by atoms with Crippen LogP contribution in [0.5, 0.6) is 0 Å². The lowest BCUT2D eigenvalue weighted by Gasteiger charge is -2.06. The first-order valence-electron chi connectivity index (χ1n) is 7.72. The number of aromatic nitrogens is 3. The molecular formula is C19H16N4S. The van der Waals surface area contributed by atoms with Crippen LogP contribution in [0, 0.1) is 0 Å². The van der Waals surface area contributed by atoms with Crippen molar-refractivity contribution in [2.75, 3.05) is 5.32 Å². The standard InChI is InChI=1S/C19H16N4S/c1-2-5-14(6-3-1)18-12-17(22-23-18)13-21-16-8-4-7-15(11-16)19-20-9-10-24-19/h1-12,21H,13H2,(H,22,23). The van der Waals surface area contributed by atoms with Crippen molar-refractivity contribution >= 4 is 17.0 Å². The summed E-state index contributed by atoms with van der Waals surface area (Å²) in [6.07, 6.45) is 1.83. The fourth-order valence-corrected chi connectivity index (χ4v) is 3.17. The van der Waals surface area contributed by atoms with Gasteiger partial charge in [0.25, 0.3) is 0 Å². The number of benzene rings is 2. The van der Waals surface area contributed by atoms with Crippen LogP contribution in [-0.4, -0.2) is 15.2 Å². The van der Waals surface area contributed by atoms with Crippen LogP contribution in [-0.2, 0) is 6.54 Å². The van der Waals surface area contributed by atoms with E-state index in [2.05, 4.69) is 56.9 Å². The lowest BCUT2D eigenvalue weighted by Crippen LogP contribution is -1.99. The van der Waals surface area contributed by atoms with Crippen LogP contribution < -0.4 is 5.32 Å². The monoisotopic (exact) mass is 332 g/mol. The zero-order valence-electron chi connectivity index (χ0n) is 12.9. The molecule has 2 aromatic heterocycles. The van der Waals surface area contributed by atoms with Crippen molar-refractivity contribution in [3.8, 4) is 21.8 Å². The number of rotatable bonds is 5. The Balaban J connectivity index is 1.46. The molecule has 0 unspecified atom stereocenters. The van der Waals surface area contributed by atoms with E-state index in [1.54, 1.807) is 11.3 Å². The van der Waals surface area contributed by atoms with Gasteiger partial charge < -0.3 is 5.32 Å². The predicted molar refractivity (Wildman–Crippen MR) is 98.9 cm³/mol. The Bertz CT molecular complexity index is 913. The van der Waals surface area contributed by atoms with Gasteiger partial charge in [-0.25, -0.2) is 4.98 Å². The van der Waals surface area contributed by atoms with E-state index in [0.29, 0.717) is 6.54 Å². The van der Waals surface area contributed by atoms with Crippen molar-refractivity contribution in [2.24, 2.45) is 0 Å². The summed E-state index contributed by atoms with van der Waals surface area (Å²) < 4.78 is 0. The summed E-state index contributed by atoms with van der Waals surface area (Å²) in [4.78, 5) is 4.36. The second-order valence-electron chi connectivity index (χ2n) is 5.42. The summed E-state index contributed by atoms with van der Waals surface area (Å²) >= 11 is 1.65. The van der Waals surface area contributed by atoms with Gasteiger partial charge in [-0.2, -0.15) is 5.10 Å². The highest BCUT2D eigenvalue weighted by Crippen LogP contribution is 2.24. The summed E-state index contributed by atoms with van der Waals surface area (Å²) in [7, 11) is 0. The highest BCUT2D eigenvalue weighted by atomic mass is 32.1. The van der Waals surface area contributed by atoms with Gasteiger partial charge in [0.1, 0.15) is 5.01 Å². The van der Waals surface area contributed by atoms with Crippen LogP contribution in [0.3, 0.4) is 0 Å². The van der Waals surface area contributed by atoms with Crippen molar-refractivity contribution in [3.63, 3.8) is 0 Å². The van der Waals surface area contributed by atoms with Crippen molar-refractivity contribution < 1.29 is 0 Å². The molecule has 4 nitrogen and oxygen atoms in total.